The van der Waals surface area contributed by atoms with Crippen LogP contribution in [0.25, 0.3) is 105 Å². The molecule has 12 aromatic rings. The fourth-order valence-electron chi connectivity index (χ4n) is 10.5. The monoisotopic (exact) mass is 882 g/mol. The Morgan fingerprint density at radius 2 is 0.913 bits per heavy atom. The van der Waals surface area contributed by atoms with Gasteiger partial charge in [0.1, 0.15) is 0 Å². The molecule has 0 spiro atoms. The minimum Gasteiger partial charge on any atom is -0.309 e. The topological polar surface area (TPSA) is 35.6 Å². The van der Waals surface area contributed by atoms with Gasteiger partial charge in [0.2, 0.25) is 0 Å². The normalized spacial score (nSPS) is 14.8. The predicted molar refractivity (Wildman–Crippen MR) is 288 cm³/mol. The van der Waals surface area contributed by atoms with Gasteiger partial charge in [-0.15, -0.1) is 0 Å². The molecule has 1 aliphatic rings. The Balaban J connectivity index is 0.876. The SMILES string of the molecule is CC1(c2ccccc2)C=CC(c2cc(-c3ccccc3)nc(-c3cccc(-c4ccc5c(c4)c4ccccc4n5-c4cccc(-c5ccc6c7ccccc7n(-c7ccccc7)c6c5)c4)c3)n2)=CC1. The zero-order valence-electron chi connectivity index (χ0n) is 38.2. The summed E-state index contributed by atoms with van der Waals surface area (Å²) in [5, 5.41) is 4.92. The molecule has 4 heteroatoms. The van der Waals surface area contributed by atoms with Crippen LogP contribution in [0.1, 0.15) is 24.6 Å². The molecule has 1 aliphatic carbocycles. The Morgan fingerprint density at radius 1 is 0.377 bits per heavy atom. The first-order chi connectivity index (χ1) is 34.0. The van der Waals surface area contributed by atoms with E-state index in [-0.39, 0.29) is 5.41 Å². The van der Waals surface area contributed by atoms with Gasteiger partial charge in [0, 0.05) is 49.5 Å². The lowest BCUT2D eigenvalue weighted by Gasteiger charge is -2.28. The first-order valence-corrected chi connectivity index (χ1v) is 23.8. The molecule has 69 heavy (non-hydrogen) atoms. The zero-order chi connectivity index (χ0) is 45.9. The van der Waals surface area contributed by atoms with Gasteiger partial charge in [-0.3, -0.25) is 0 Å². The van der Waals surface area contributed by atoms with Crippen LogP contribution in [0, 0.1) is 0 Å². The van der Waals surface area contributed by atoms with Crippen molar-refractivity contribution in [2.75, 3.05) is 0 Å². The summed E-state index contributed by atoms with van der Waals surface area (Å²) >= 11 is 0. The van der Waals surface area contributed by atoms with Crippen molar-refractivity contribution in [2.24, 2.45) is 0 Å². The molecule has 0 radical (unpaired) electrons. The standard InChI is InChI=1S/C65H46N4/c1-65(51-22-7-3-8-23-51)37-35-45(36-38-65)59-43-58(44-17-5-2-6-18-44)66-64(67-59)50-21-15-19-46(39-50)48-32-34-62-57(41-48)55-28-12-14-30-61(55)69(62)53-26-16-20-47(40-53)49-31-33-56-54-27-11-13-29-60(54)68(63(56)42-49)52-24-9-4-10-25-52/h2-37,39-43H,38H2,1H3. The first-order valence-electron chi connectivity index (χ1n) is 23.8. The van der Waals surface area contributed by atoms with E-state index >= 15 is 0 Å². The molecular formula is C65H46N4. The summed E-state index contributed by atoms with van der Waals surface area (Å²) < 4.78 is 4.80. The van der Waals surface area contributed by atoms with Crippen LogP contribution in [0.2, 0.25) is 0 Å². The summed E-state index contributed by atoms with van der Waals surface area (Å²) in [5.74, 6) is 0.706. The average molecular weight is 883 g/mol. The van der Waals surface area contributed by atoms with Crippen LogP contribution < -0.4 is 0 Å². The van der Waals surface area contributed by atoms with Gasteiger partial charge in [0.15, 0.2) is 5.82 Å². The molecule has 0 N–H and O–H groups in total. The van der Waals surface area contributed by atoms with E-state index in [0.717, 1.165) is 62.5 Å². The molecule has 0 saturated carbocycles. The number of para-hydroxylation sites is 3. The molecule has 1 unspecified atom stereocenters. The summed E-state index contributed by atoms with van der Waals surface area (Å²) in [5.41, 5.74) is 17.8. The van der Waals surface area contributed by atoms with E-state index in [1.807, 2.05) is 6.07 Å². The van der Waals surface area contributed by atoms with Crippen LogP contribution in [-0.4, -0.2) is 19.1 Å². The van der Waals surface area contributed by atoms with Crippen molar-refractivity contribution in [2.45, 2.75) is 18.8 Å². The van der Waals surface area contributed by atoms with Crippen molar-refractivity contribution in [3.63, 3.8) is 0 Å². The van der Waals surface area contributed by atoms with Gasteiger partial charge in [-0.25, -0.2) is 9.97 Å². The van der Waals surface area contributed by atoms with Crippen molar-refractivity contribution >= 4 is 49.2 Å². The van der Waals surface area contributed by atoms with Gasteiger partial charge in [-0.2, -0.15) is 0 Å². The first kappa shape index (κ1) is 40.4. The largest absolute Gasteiger partial charge is 0.309 e. The van der Waals surface area contributed by atoms with Crippen LogP contribution in [0.4, 0.5) is 0 Å². The number of benzene rings is 9. The van der Waals surface area contributed by atoms with Crippen molar-refractivity contribution in [3.8, 4) is 56.3 Å². The summed E-state index contributed by atoms with van der Waals surface area (Å²) in [6, 6.07) is 82.9. The molecule has 0 fully saturated rings. The van der Waals surface area contributed by atoms with Crippen molar-refractivity contribution in [1.29, 1.82) is 0 Å². The highest BCUT2D eigenvalue weighted by molar-refractivity contribution is 6.11. The highest BCUT2D eigenvalue weighted by atomic mass is 15.0. The molecule has 3 heterocycles. The van der Waals surface area contributed by atoms with E-state index in [2.05, 4.69) is 259 Å². The highest BCUT2D eigenvalue weighted by Gasteiger charge is 2.26. The van der Waals surface area contributed by atoms with E-state index in [4.69, 9.17) is 9.97 Å². The molecule has 1 atom stereocenters. The number of nitrogens with zero attached hydrogens (tertiary/aromatic N) is 4. The van der Waals surface area contributed by atoms with Gasteiger partial charge >= 0.3 is 0 Å². The van der Waals surface area contributed by atoms with Crippen LogP contribution >= 0.6 is 0 Å². The fourth-order valence-corrected chi connectivity index (χ4v) is 10.5. The second-order valence-electron chi connectivity index (χ2n) is 18.4. The number of hydrogen-bond donors (Lipinski definition) is 0. The maximum absolute atomic E-state index is 5.27. The lowest BCUT2D eigenvalue weighted by molar-refractivity contribution is 0.601. The third-order valence-electron chi connectivity index (χ3n) is 14.2. The van der Waals surface area contributed by atoms with Crippen LogP contribution in [0.5, 0.6) is 0 Å². The molecular weight excluding hydrogens is 837 g/mol. The Labute approximate surface area is 401 Å². The Hall–Kier alpha value is -8.86. The average Bonchev–Trinajstić information content (AvgIpc) is 3.94. The van der Waals surface area contributed by atoms with E-state index in [1.54, 1.807) is 0 Å². The molecule has 13 rings (SSSR count). The lowest BCUT2D eigenvalue weighted by Crippen LogP contribution is -2.20. The summed E-state index contributed by atoms with van der Waals surface area (Å²) in [4.78, 5) is 10.5. The molecule has 3 aromatic heterocycles. The van der Waals surface area contributed by atoms with Crippen molar-refractivity contribution in [1.82, 2.24) is 19.1 Å². The van der Waals surface area contributed by atoms with Gasteiger partial charge in [-0.1, -0.05) is 189 Å². The Bertz CT molecular complexity index is 3990. The number of aromatic nitrogens is 4. The third kappa shape index (κ3) is 7.08. The van der Waals surface area contributed by atoms with Gasteiger partial charge in [0.05, 0.1) is 33.5 Å². The number of hydrogen-bond acceptors (Lipinski definition) is 2. The zero-order valence-corrected chi connectivity index (χ0v) is 38.2. The molecule has 0 bridgehead atoms. The van der Waals surface area contributed by atoms with Gasteiger partial charge in [0.25, 0.3) is 0 Å². The number of fused-ring (bicyclic) bond motifs is 6. The molecule has 0 aliphatic heterocycles. The lowest BCUT2D eigenvalue weighted by atomic mass is 9.76. The predicted octanol–water partition coefficient (Wildman–Crippen LogP) is 16.6. The number of allylic oxidation sites excluding steroid dienone is 4. The molecule has 326 valence electrons. The van der Waals surface area contributed by atoms with Gasteiger partial charge in [-0.05, 0) is 107 Å². The maximum atomic E-state index is 5.27. The van der Waals surface area contributed by atoms with E-state index in [1.165, 1.54) is 54.8 Å². The fraction of sp³-hybridized carbons (Fsp3) is 0.0462. The van der Waals surface area contributed by atoms with Crippen molar-refractivity contribution in [3.05, 3.63) is 260 Å². The highest BCUT2D eigenvalue weighted by Crippen LogP contribution is 2.40. The minimum absolute atomic E-state index is 0.0723. The molecule has 9 aromatic carbocycles. The Kier molecular flexibility index (Phi) is 9.65. The van der Waals surface area contributed by atoms with Crippen LogP contribution in [-0.2, 0) is 5.41 Å². The third-order valence-corrected chi connectivity index (χ3v) is 14.2. The van der Waals surface area contributed by atoms with E-state index in [0.29, 0.717) is 5.82 Å². The Morgan fingerprint density at radius 3 is 1.67 bits per heavy atom. The summed E-state index contributed by atoms with van der Waals surface area (Å²) in [6.07, 6.45) is 7.79. The number of rotatable bonds is 8. The van der Waals surface area contributed by atoms with Gasteiger partial charge < -0.3 is 9.13 Å². The summed E-state index contributed by atoms with van der Waals surface area (Å²) in [6.45, 7) is 2.31. The van der Waals surface area contributed by atoms with Crippen LogP contribution in [0.3, 0.4) is 0 Å². The molecule has 0 saturated heterocycles. The smallest absolute Gasteiger partial charge is 0.160 e. The maximum Gasteiger partial charge on any atom is 0.160 e. The quantitative estimate of drug-likeness (QED) is 0.152. The van der Waals surface area contributed by atoms with Crippen molar-refractivity contribution < 1.29 is 0 Å². The summed E-state index contributed by atoms with van der Waals surface area (Å²) in [7, 11) is 0. The van der Waals surface area contributed by atoms with E-state index in [9.17, 15) is 0 Å². The molecule has 4 nitrogen and oxygen atoms in total. The van der Waals surface area contributed by atoms with E-state index < -0.39 is 0 Å². The van der Waals surface area contributed by atoms with Crippen LogP contribution in [0.15, 0.2) is 249 Å². The second-order valence-corrected chi connectivity index (χ2v) is 18.4. The minimum atomic E-state index is -0.0723. The molecule has 0 amide bonds. The second kappa shape index (κ2) is 16.5.